The van der Waals surface area contributed by atoms with Crippen molar-refractivity contribution in [3.05, 3.63) is 18.5 Å². The maximum Gasteiger partial charge on any atom is 1.00 e. The predicted molar refractivity (Wildman–Crippen MR) is 40.2 cm³/mol. The van der Waals surface area contributed by atoms with Gasteiger partial charge in [-0.2, -0.15) is 0 Å². The fraction of sp³-hybridized carbons (Fsp3) is 0. The maximum absolute atomic E-state index is 10.4. The second-order valence-corrected chi connectivity index (χ2v) is 5.02. The summed E-state index contributed by atoms with van der Waals surface area (Å²) < 4.78 is 62.5. The van der Waals surface area contributed by atoms with Gasteiger partial charge in [0.05, 0.1) is 9.79 Å². The largest absolute Gasteiger partial charge is 1.00 e. The van der Waals surface area contributed by atoms with Crippen LogP contribution in [0.5, 0.6) is 0 Å². The maximum atomic E-state index is 10.4. The van der Waals surface area contributed by atoms with Crippen LogP contribution in [0.2, 0.25) is 0 Å². The molecule has 0 aliphatic carbocycles. The van der Waals surface area contributed by atoms with Crippen molar-refractivity contribution in [3.8, 4) is 0 Å². The van der Waals surface area contributed by atoms with Crippen molar-refractivity contribution < 1.29 is 129 Å². The van der Waals surface area contributed by atoms with Gasteiger partial charge in [0.15, 0.2) is 0 Å². The van der Waals surface area contributed by atoms with Crippen LogP contribution in [0.3, 0.4) is 0 Å². The molecule has 78 valence electrons. The fourth-order valence-corrected chi connectivity index (χ4v) is 1.67. The molecule has 11 heteroatoms. The Hall–Kier alpha value is 2.24. The molecule has 0 radical (unpaired) electrons. The zero-order chi connectivity index (χ0) is 11.0. The van der Waals surface area contributed by atoms with E-state index in [2.05, 4.69) is 4.98 Å². The molecule has 0 unspecified atom stereocenters. The second-order valence-electron chi connectivity index (χ2n) is 2.26. The zero-order valence-electron chi connectivity index (χ0n) is 8.45. The number of hydrogen-bond donors (Lipinski definition) is 0. The van der Waals surface area contributed by atoms with E-state index in [-0.39, 0.29) is 103 Å². The van der Waals surface area contributed by atoms with Gasteiger partial charge in [-0.25, -0.2) is 16.8 Å². The molecule has 16 heavy (non-hydrogen) atoms. The Kier molecular flexibility index (Phi) is 9.95. The average molecular weight is 315 g/mol. The quantitative estimate of drug-likeness (QED) is 0.392. The molecule has 0 saturated heterocycles. The standard InChI is InChI=1S/C5H5NO6S2.2K/c7-13(8,9)4-1-5(3-6-2-4)14(10,11)12;;/h1-3H,(H,7,8,9)(H,10,11,12);;/q;2*+1/p-2. The smallest absolute Gasteiger partial charge is 0.744 e. The van der Waals surface area contributed by atoms with Gasteiger partial charge < -0.3 is 9.11 Å². The molecule has 1 aromatic heterocycles. The van der Waals surface area contributed by atoms with Crippen molar-refractivity contribution in [1.82, 2.24) is 4.98 Å². The molecule has 0 aliphatic rings. The number of rotatable bonds is 2. The van der Waals surface area contributed by atoms with Gasteiger partial charge in [0, 0.05) is 12.4 Å². The van der Waals surface area contributed by atoms with E-state index < -0.39 is 30.0 Å². The van der Waals surface area contributed by atoms with Crippen LogP contribution in [0.4, 0.5) is 0 Å². The van der Waals surface area contributed by atoms with Crippen LogP contribution >= 0.6 is 0 Å². The molecule has 0 fully saturated rings. The fourth-order valence-electron chi connectivity index (χ4n) is 0.672. The van der Waals surface area contributed by atoms with Gasteiger partial charge in [-0.15, -0.1) is 0 Å². The Balaban J connectivity index is 0. The molecule has 1 heterocycles. The van der Waals surface area contributed by atoms with Crippen molar-refractivity contribution in [2.75, 3.05) is 0 Å². The molecule has 0 amide bonds. The molecule has 0 aromatic carbocycles. The summed E-state index contributed by atoms with van der Waals surface area (Å²) in [4.78, 5) is 1.45. The molecule has 7 nitrogen and oxygen atoms in total. The normalized spacial score (nSPS) is 11.1. The molecular formula is C5H3K2NO6S2. The summed E-state index contributed by atoms with van der Waals surface area (Å²) in [5.74, 6) is 0. The monoisotopic (exact) mass is 315 g/mol. The van der Waals surface area contributed by atoms with Gasteiger partial charge in [-0.1, -0.05) is 0 Å². The molecule has 0 saturated carbocycles. The second kappa shape index (κ2) is 7.74. The van der Waals surface area contributed by atoms with E-state index >= 15 is 0 Å². The Morgan fingerprint density at radius 2 is 1.19 bits per heavy atom. The minimum absolute atomic E-state index is 0. The molecule has 0 bridgehead atoms. The van der Waals surface area contributed by atoms with E-state index in [1.165, 1.54) is 0 Å². The third-order valence-electron chi connectivity index (χ3n) is 1.27. The van der Waals surface area contributed by atoms with Gasteiger partial charge in [0.25, 0.3) is 0 Å². The first-order valence-corrected chi connectivity index (χ1v) is 5.90. The minimum Gasteiger partial charge on any atom is -0.744 e. The summed E-state index contributed by atoms with van der Waals surface area (Å²) in [5.41, 5.74) is 0. The van der Waals surface area contributed by atoms with Gasteiger partial charge in [0.2, 0.25) is 0 Å². The molecule has 0 aliphatic heterocycles. The minimum atomic E-state index is -4.80. The van der Waals surface area contributed by atoms with Crippen LogP contribution < -0.4 is 103 Å². The van der Waals surface area contributed by atoms with E-state index in [0.29, 0.717) is 18.5 Å². The summed E-state index contributed by atoms with van der Waals surface area (Å²) >= 11 is 0. The van der Waals surface area contributed by atoms with Crippen molar-refractivity contribution in [3.63, 3.8) is 0 Å². The molecular weight excluding hydrogens is 312 g/mol. The Bertz CT molecular complexity index is 507. The SMILES string of the molecule is O=S(=O)([O-])c1cncc(S(=O)(=O)[O-])c1.[K+].[K+]. The van der Waals surface area contributed by atoms with Crippen molar-refractivity contribution >= 4 is 20.2 Å². The Morgan fingerprint density at radius 1 is 0.875 bits per heavy atom. The van der Waals surface area contributed by atoms with Crippen LogP contribution in [-0.2, 0) is 20.2 Å². The number of pyridine rings is 1. The Morgan fingerprint density at radius 3 is 1.44 bits per heavy atom. The van der Waals surface area contributed by atoms with Crippen molar-refractivity contribution in [2.45, 2.75) is 9.79 Å². The topological polar surface area (TPSA) is 127 Å². The Labute approximate surface area is 178 Å². The van der Waals surface area contributed by atoms with Crippen LogP contribution in [-0.4, -0.2) is 30.9 Å². The summed E-state index contributed by atoms with van der Waals surface area (Å²) in [6.07, 6.45) is 1.33. The third kappa shape index (κ3) is 6.42. The summed E-state index contributed by atoms with van der Waals surface area (Å²) in [6.45, 7) is 0. The van der Waals surface area contributed by atoms with Crippen LogP contribution in [0, 0.1) is 0 Å². The van der Waals surface area contributed by atoms with E-state index in [9.17, 15) is 25.9 Å². The number of nitrogens with zero attached hydrogens (tertiary/aromatic N) is 1. The average Bonchev–Trinajstić information content (AvgIpc) is 2.01. The van der Waals surface area contributed by atoms with E-state index in [1.807, 2.05) is 0 Å². The molecule has 1 rings (SSSR count). The molecule has 0 N–H and O–H groups in total. The molecule has 0 spiro atoms. The van der Waals surface area contributed by atoms with E-state index in [1.54, 1.807) is 0 Å². The number of aromatic nitrogens is 1. The predicted octanol–water partition coefficient (Wildman–Crippen LogP) is -7.10. The van der Waals surface area contributed by atoms with Gasteiger partial charge in [-0.05, 0) is 6.07 Å². The first-order valence-electron chi connectivity index (χ1n) is 3.08. The van der Waals surface area contributed by atoms with Gasteiger partial charge >= 0.3 is 103 Å². The first-order chi connectivity index (χ1) is 6.21. The van der Waals surface area contributed by atoms with E-state index in [0.717, 1.165) is 0 Å². The van der Waals surface area contributed by atoms with Crippen molar-refractivity contribution in [1.29, 1.82) is 0 Å². The third-order valence-corrected chi connectivity index (χ3v) is 2.87. The van der Waals surface area contributed by atoms with Gasteiger partial charge in [-0.3, -0.25) is 4.98 Å². The summed E-state index contributed by atoms with van der Waals surface area (Å²) in [7, 11) is -9.60. The molecule has 0 atom stereocenters. The number of hydrogen-bond acceptors (Lipinski definition) is 7. The van der Waals surface area contributed by atoms with Crippen LogP contribution in [0.1, 0.15) is 0 Å². The van der Waals surface area contributed by atoms with Crippen LogP contribution in [0.15, 0.2) is 28.3 Å². The summed E-state index contributed by atoms with van der Waals surface area (Å²) in [6, 6.07) is 0.470. The van der Waals surface area contributed by atoms with Crippen molar-refractivity contribution in [2.24, 2.45) is 0 Å². The molecule has 1 aromatic rings. The van der Waals surface area contributed by atoms with Crippen LogP contribution in [0.25, 0.3) is 0 Å². The van der Waals surface area contributed by atoms with Gasteiger partial charge in [0.1, 0.15) is 20.2 Å². The summed E-state index contributed by atoms with van der Waals surface area (Å²) in [5, 5.41) is 0. The first kappa shape index (κ1) is 20.6. The van der Waals surface area contributed by atoms with E-state index in [4.69, 9.17) is 0 Å². The zero-order valence-corrected chi connectivity index (χ0v) is 16.3.